The van der Waals surface area contributed by atoms with Gasteiger partial charge in [0.15, 0.2) is 5.11 Å². The van der Waals surface area contributed by atoms with Crippen LogP contribution in [0.3, 0.4) is 0 Å². The van der Waals surface area contributed by atoms with Gasteiger partial charge in [0.25, 0.3) is 5.91 Å². The summed E-state index contributed by atoms with van der Waals surface area (Å²) in [5.74, 6) is -1.97. The number of nitrogens with one attached hydrogen (secondary N) is 2. The summed E-state index contributed by atoms with van der Waals surface area (Å²) >= 11 is 5.29. The van der Waals surface area contributed by atoms with Crippen molar-refractivity contribution in [3.05, 3.63) is 89.2 Å². The number of carbonyl (C=O) groups excluding carboxylic acids is 1. The van der Waals surface area contributed by atoms with Gasteiger partial charge >= 0.3 is 0 Å². The molecule has 0 saturated heterocycles. The molecule has 2 aromatic carbocycles. The number of aromatic nitrogens is 2. The highest BCUT2D eigenvalue weighted by atomic mass is 32.1. The second kappa shape index (κ2) is 9.32. The molecule has 162 valence electrons. The molecule has 0 spiro atoms. The minimum atomic E-state index is -1.28. The lowest BCUT2D eigenvalue weighted by Gasteiger charge is -2.34. The van der Waals surface area contributed by atoms with Gasteiger partial charge in [-0.15, -0.1) is 0 Å². The monoisotopic (exact) mass is 444 g/mol. The minimum Gasteiger partial charge on any atom is -0.387 e. The van der Waals surface area contributed by atoms with E-state index in [2.05, 4.69) is 15.7 Å². The van der Waals surface area contributed by atoms with E-state index >= 15 is 0 Å². The number of carbonyl (C=O) groups is 1. The highest BCUT2D eigenvalue weighted by molar-refractivity contribution is 7.80. The van der Waals surface area contributed by atoms with Gasteiger partial charge in [0.2, 0.25) is 0 Å². The summed E-state index contributed by atoms with van der Waals surface area (Å²) in [7, 11) is 1.67. The Kier molecular flexibility index (Phi) is 6.77. The number of aliphatic hydroxyl groups is 1. The fourth-order valence-electron chi connectivity index (χ4n) is 3.41. The van der Waals surface area contributed by atoms with Crippen molar-refractivity contribution in [1.82, 2.24) is 20.4 Å². The number of benzene rings is 2. The van der Waals surface area contributed by atoms with Crippen molar-refractivity contribution in [2.45, 2.75) is 25.0 Å². The molecule has 0 fully saturated rings. The number of halogens is 2. The lowest BCUT2D eigenvalue weighted by Crippen LogP contribution is -2.50. The third kappa shape index (κ3) is 5.31. The number of hydrogen-bond donors (Lipinski definition) is 3. The zero-order chi connectivity index (χ0) is 22.6. The Bertz CT molecular complexity index is 1090. The van der Waals surface area contributed by atoms with Crippen molar-refractivity contribution < 1.29 is 18.7 Å². The fraction of sp³-hybridized carbons (Fsp3) is 0.227. The van der Waals surface area contributed by atoms with Gasteiger partial charge in [-0.05, 0) is 43.4 Å². The number of nitrogens with zero attached hydrogens (tertiary/aromatic N) is 2. The van der Waals surface area contributed by atoms with E-state index in [4.69, 9.17) is 12.2 Å². The van der Waals surface area contributed by atoms with Crippen LogP contribution < -0.4 is 10.6 Å². The first-order chi connectivity index (χ1) is 14.7. The van der Waals surface area contributed by atoms with E-state index in [0.717, 1.165) is 12.1 Å². The molecular weight excluding hydrogens is 422 g/mol. The van der Waals surface area contributed by atoms with E-state index in [0.29, 0.717) is 11.3 Å². The second-order valence-corrected chi connectivity index (χ2v) is 7.74. The van der Waals surface area contributed by atoms with Crippen LogP contribution in [0.15, 0.2) is 60.8 Å². The lowest BCUT2D eigenvalue weighted by molar-refractivity contribution is 0.0974. The maximum absolute atomic E-state index is 14.7. The summed E-state index contributed by atoms with van der Waals surface area (Å²) < 4.78 is 29.7. The molecule has 6 nitrogen and oxygen atoms in total. The Morgan fingerprint density at radius 2 is 1.94 bits per heavy atom. The van der Waals surface area contributed by atoms with Crippen molar-refractivity contribution in [2.24, 2.45) is 7.05 Å². The van der Waals surface area contributed by atoms with Gasteiger partial charge in [0, 0.05) is 36.9 Å². The van der Waals surface area contributed by atoms with Crippen molar-refractivity contribution >= 4 is 23.2 Å². The van der Waals surface area contributed by atoms with E-state index in [1.807, 2.05) is 0 Å². The number of hydrogen-bond acceptors (Lipinski definition) is 4. The zero-order valence-corrected chi connectivity index (χ0v) is 17.8. The average molecular weight is 445 g/mol. The smallest absolute Gasteiger partial charge is 0.257 e. The van der Waals surface area contributed by atoms with Crippen LogP contribution in [0.2, 0.25) is 0 Å². The molecule has 3 aromatic rings. The predicted octanol–water partition coefficient (Wildman–Crippen LogP) is 3.34. The topological polar surface area (TPSA) is 79.2 Å². The summed E-state index contributed by atoms with van der Waals surface area (Å²) in [6.07, 6.45) is 0.463. The van der Waals surface area contributed by atoms with E-state index in [1.54, 1.807) is 50.4 Å². The Hall–Kier alpha value is -3.17. The highest BCUT2D eigenvalue weighted by Crippen LogP contribution is 2.33. The van der Waals surface area contributed by atoms with Gasteiger partial charge in [-0.1, -0.05) is 24.3 Å². The van der Waals surface area contributed by atoms with Gasteiger partial charge in [0.05, 0.1) is 17.3 Å². The first-order valence-corrected chi connectivity index (χ1v) is 9.90. The second-order valence-electron chi connectivity index (χ2n) is 7.33. The van der Waals surface area contributed by atoms with Crippen LogP contribution in [0.1, 0.15) is 41.1 Å². The van der Waals surface area contributed by atoms with Gasteiger partial charge in [-0.3, -0.25) is 14.8 Å². The van der Waals surface area contributed by atoms with Crippen LogP contribution in [0.5, 0.6) is 0 Å². The van der Waals surface area contributed by atoms with E-state index in [-0.39, 0.29) is 17.1 Å². The average Bonchev–Trinajstić information content (AvgIpc) is 3.14. The summed E-state index contributed by atoms with van der Waals surface area (Å²) in [6.45, 7) is 1.61. The fourth-order valence-corrected chi connectivity index (χ4v) is 3.73. The first kappa shape index (κ1) is 22.5. The molecule has 2 atom stereocenters. The van der Waals surface area contributed by atoms with Gasteiger partial charge in [-0.2, -0.15) is 5.10 Å². The number of thiocarbonyl (C=S) groups is 1. The first-order valence-electron chi connectivity index (χ1n) is 9.49. The van der Waals surface area contributed by atoms with Gasteiger partial charge in [0.1, 0.15) is 11.6 Å². The number of amides is 1. The van der Waals surface area contributed by atoms with Gasteiger partial charge < -0.3 is 10.4 Å². The van der Waals surface area contributed by atoms with E-state index in [1.165, 1.54) is 16.9 Å². The van der Waals surface area contributed by atoms with E-state index in [9.17, 15) is 18.7 Å². The Morgan fingerprint density at radius 3 is 2.55 bits per heavy atom. The van der Waals surface area contributed by atoms with Crippen molar-refractivity contribution in [3.63, 3.8) is 0 Å². The van der Waals surface area contributed by atoms with Crippen LogP contribution in [-0.2, 0) is 12.6 Å². The summed E-state index contributed by atoms with van der Waals surface area (Å²) in [6, 6.07) is 13.3. The molecule has 0 aliphatic carbocycles. The number of aryl methyl sites for hydroxylation is 1. The molecule has 9 heteroatoms. The minimum absolute atomic E-state index is 0.0313. The Labute approximate surface area is 183 Å². The van der Waals surface area contributed by atoms with Crippen LogP contribution >= 0.6 is 12.2 Å². The summed E-state index contributed by atoms with van der Waals surface area (Å²) in [5, 5.41) is 20.2. The molecule has 0 saturated carbocycles. The van der Waals surface area contributed by atoms with Gasteiger partial charge in [-0.25, -0.2) is 8.78 Å². The standard InChI is InChI=1S/C22H22F2N4O2S/c1-22(16-9-8-15(23)12-17(16)24,13-19(29)18-10-11-25-28(18)2)27-21(31)26-20(30)14-6-4-3-5-7-14/h3-12,19,29H,13H2,1-2H3,(H2,26,27,30,31)/t19-,22+/m1/s1. The molecule has 0 radical (unpaired) electrons. The Balaban J connectivity index is 1.87. The summed E-state index contributed by atoms with van der Waals surface area (Å²) in [4.78, 5) is 12.4. The molecule has 0 aliphatic heterocycles. The van der Waals surface area contributed by atoms with Crippen LogP contribution in [-0.4, -0.2) is 25.9 Å². The quantitative estimate of drug-likeness (QED) is 0.509. The molecule has 1 amide bonds. The molecule has 1 heterocycles. The molecule has 0 bridgehead atoms. The molecular formula is C22H22F2N4O2S. The van der Waals surface area contributed by atoms with Crippen LogP contribution in [0.4, 0.5) is 8.78 Å². The van der Waals surface area contributed by atoms with E-state index < -0.39 is 29.2 Å². The molecule has 3 rings (SSSR count). The third-order valence-corrected chi connectivity index (χ3v) is 5.18. The predicted molar refractivity (Wildman–Crippen MR) is 116 cm³/mol. The molecule has 3 N–H and O–H groups in total. The molecule has 31 heavy (non-hydrogen) atoms. The molecule has 0 aliphatic rings. The zero-order valence-electron chi connectivity index (χ0n) is 17.0. The maximum atomic E-state index is 14.7. The third-order valence-electron chi connectivity index (χ3n) is 4.98. The Morgan fingerprint density at radius 1 is 1.23 bits per heavy atom. The SMILES string of the molecule is Cn1nccc1[C@H](O)C[C@](C)(NC(=S)NC(=O)c1ccccc1)c1ccc(F)cc1F. The normalized spacial score (nSPS) is 13.8. The van der Waals surface area contributed by atoms with Crippen LogP contribution in [0, 0.1) is 11.6 Å². The maximum Gasteiger partial charge on any atom is 0.257 e. The molecule has 1 aromatic heterocycles. The van der Waals surface area contributed by atoms with Crippen molar-refractivity contribution in [2.75, 3.05) is 0 Å². The largest absolute Gasteiger partial charge is 0.387 e. The number of aliphatic hydroxyl groups excluding tert-OH is 1. The molecule has 0 unspecified atom stereocenters. The van der Waals surface area contributed by atoms with Crippen molar-refractivity contribution in [1.29, 1.82) is 0 Å². The number of rotatable bonds is 6. The van der Waals surface area contributed by atoms with Crippen molar-refractivity contribution in [3.8, 4) is 0 Å². The highest BCUT2D eigenvalue weighted by Gasteiger charge is 2.34. The lowest BCUT2D eigenvalue weighted by atomic mass is 9.85. The summed E-state index contributed by atoms with van der Waals surface area (Å²) in [5.41, 5.74) is -0.278. The van der Waals surface area contributed by atoms with Crippen LogP contribution in [0.25, 0.3) is 0 Å².